The smallest absolute Gasteiger partial charge is 0.337 e. The second-order valence-corrected chi connectivity index (χ2v) is 6.10. The van der Waals surface area contributed by atoms with Crippen molar-refractivity contribution in [1.82, 2.24) is 0 Å². The van der Waals surface area contributed by atoms with Crippen molar-refractivity contribution < 1.29 is 19.1 Å². The maximum Gasteiger partial charge on any atom is 0.337 e. The normalized spacial score (nSPS) is 10.2. The fourth-order valence-electron chi connectivity index (χ4n) is 2.21. The van der Waals surface area contributed by atoms with Crippen LogP contribution in [0.5, 0.6) is 5.75 Å². The number of ether oxygens (including phenoxy) is 2. The minimum atomic E-state index is -0.462. The Balaban J connectivity index is 1.95. The molecule has 0 spiro atoms. The van der Waals surface area contributed by atoms with E-state index in [1.165, 1.54) is 14.2 Å². The lowest BCUT2D eigenvalue weighted by atomic mass is 10.2. The first-order valence-electron chi connectivity index (χ1n) is 7.69. The van der Waals surface area contributed by atoms with Gasteiger partial charge in [-0.15, -0.1) is 0 Å². The maximum absolute atomic E-state index is 12.1. The van der Waals surface area contributed by atoms with E-state index in [1.807, 2.05) is 0 Å². The van der Waals surface area contributed by atoms with Crippen LogP contribution < -0.4 is 15.4 Å². The third kappa shape index (κ3) is 5.28. The summed E-state index contributed by atoms with van der Waals surface area (Å²) >= 11 is 12.0. The minimum Gasteiger partial charge on any atom is -0.495 e. The molecule has 0 saturated carbocycles. The lowest BCUT2D eigenvalue weighted by Crippen LogP contribution is -2.17. The van der Waals surface area contributed by atoms with E-state index in [0.29, 0.717) is 39.3 Å². The Morgan fingerprint density at radius 3 is 2.50 bits per heavy atom. The number of carbonyl (C=O) groups is 2. The van der Waals surface area contributed by atoms with Gasteiger partial charge in [-0.1, -0.05) is 23.2 Å². The van der Waals surface area contributed by atoms with Crippen molar-refractivity contribution in [2.24, 2.45) is 0 Å². The number of methoxy groups -OCH3 is 2. The third-order valence-corrected chi connectivity index (χ3v) is 4.06. The van der Waals surface area contributed by atoms with Crippen LogP contribution in [0, 0.1) is 0 Å². The highest BCUT2D eigenvalue weighted by atomic mass is 35.5. The summed E-state index contributed by atoms with van der Waals surface area (Å²) in [5.41, 5.74) is 1.41. The van der Waals surface area contributed by atoms with Crippen LogP contribution in [0.15, 0.2) is 36.4 Å². The molecule has 6 nitrogen and oxygen atoms in total. The van der Waals surface area contributed by atoms with Gasteiger partial charge in [0.1, 0.15) is 5.75 Å². The van der Waals surface area contributed by atoms with Crippen molar-refractivity contribution in [3.05, 3.63) is 52.0 Å². The van der Waals surface area contributed by atoms with E-state index in [-0.39, 0.29) is 12.3 Å². The van der Waals surface area contributed by atoms with Gasteiger partial charge in [-0.2, -0.15) is 0 Å². The zero-order valence-corrected chi connectivity index (χ0v) is 15.8. The van der Waals surface area contributed by atoms with E-state index in [4.69, 9.17) is 27.9 Å². The molecule has 0 fully saturated rings. The van der Waals surface area contributed by atoms with Crippen LogP contribution in [0.1, 0.15) is 16.8 Å². The van der Waals surface area contributed by atoms with Crippen molar-refractivity contribution in [2.75, 3.05) is 31.4 Å². The summed E-state index contributed by atoms with van der Waals surface area (Å²) in [4.78, 5) is 23.7. The number of hydrogen-bond donors (Lipinski definition) is 2. The van der Waals surface area contributed by atoms with Crippen molar-refractivity contribution >= 4 is 46.5 Å². The topological polar surface area (TPSA) is 76.7 Å². The summed E-state index contributed by atoms with van der Waals surface area (Å²) in [5, 5.41) is 6.71. The first-order valence-corrected chi connectivity index (χ1v) is 8.45. The summed E-state index contributed by atoms with van der Waals surface area (Å²) < 4.78 is 9.86. The fraction of sp³-hybridized carbons (Fsp3) is 0.222. The molecular weight excluding hydrogens is 379 g/mol. The van der Waals surface area contributed by atoms with E-state index in [2.05, 4.69) is 15.4 Å². The maximum atomic E-state index is 12.1. The molecule has 2 aromatic carbocycles. The summed E-state index contributed by atoms with van der Waals surface area (Å²) in [6, 6.07) is 9.70. The van der Waals surface area contributed by atoms with Crippen molar-refractivity contribution in [3.8, 4) is 5.75 Å². The number of anilines is 2. The molecule has 0 saturated heterocycles. The quantitative estimate of drug-likeness (QED) is 0.684. The molecule has 0 unspecified atom stereocenters. The zero-order valence-electron chi connectivity index (χ0n) is 14.3. The van der Waals surface area contributed by atoms with Gasteiger partial charge in [0.25, 0.3) is 0 Å². The predicted molar refractivity (Wildman–Crippen MR) is 103 cm³/mol. The molecule has 1 amide bonds. The first-order chi connectivity index (χ1) is 12.4. The van der Waals surface area contributed by atoms with E-state index in [1.54, 1.807) is 36.4 Å². The highest BCUT2D eigenvalue weighted by Crippen LogP contribution is 2.28. The molecule has 26 heavy (non-hydrogen) atoms. The predicted octanol–water partition coefficient (Wildman–Crippen LogP) is 4.23. The van der Waals surface area contributed by atoms with Crippen molar-refractivity contribution in [2.45, 2.75) is 6.42 Å². The molecule has 2 aromatic rings. The number of nitrogens with one attached hydrogen (secondary N) is 2. The molecule has 2 N–H and O–H groups in total. The number of hydrogen-bond acceptors (Lipinski definition) is 5. The van der Waals surface area contributed by atoms with Crippen LogP contribution in [-0.2, 0) is 9.53 Å². The standard InChI is InChI=1S/C18H18Cl2N2O4/c1-25-16-6-4-12(19)10-15(16)22-17(23)7-8-21-14-9-11(18(24)26-2)3-5-13(14)20/h3-6,9-10,21H,7-8H2,1-2H3,(H,22,23). The molecule has 2 rings (SSSR count). The van der Waals surface area contributed by atoms with Crippen LogP contribution in [0.4, 0.5) is 11.4 Å². The summed E-state index contributed by atoms with van der Waals surface area (Å²) in [6.45, 7) is 0.319. The summed E-state index contributed by atoms with van der Waals surface area (Å²) in [7, 11) is 2.81. The lowest BCUT2D eigenvalue weighted by Gasteiger charge is -2.12. The molecule has 0 bridgehead atoms. The van der Waals surface area contributed by atoms with Crippen molar-refractivity contribution in [3.63, 3.8) is 0 Å². The second kappa shape index (κ2) is 9.31. The molecular formula is C18H18Cl2N2O4. The lowest BCUT2D eigenvalue weighted by molar-refractivity contribution is -0.116. The molecule has 0 aromatic heterocycles. The SMILES string of the molecule is COC(=O)c1ccc(Cl)c(NCCC(=O)Nc2cc(Cl)ccc2OC)c1. The number of rotatable bonds is 7. The highest BCUT2D eigenvalue weighted by molar-refractivity contribution is 6.33. The van der Waals surface area contributed by atoms with Crippen LogP contribution in [0.2, 0.25) is 10.0 Å². The van der Waals surface area contributed by atoms with E-state index in [0.717, 1.165) is 0 Å². The third-order valence-electron chi connectivity index (χ3n) is 3.49. The molecule has 0 heterocycles. The number of amides is 1. The summed E-state index contributed by atoms with van der Waals surface area (Å²) in [6.07, 6.45) is 0.175. The largest absolute Gasteiger partial charge is 0.495 e. The van der Waals surface area contributed by atoms with Gasteiger partial charge in [0.05, 0.1) is 36.2 Å². The average Bonchev–Trinajstić information content (AvgIpc) is 2.62. The number of carbonyl (C=O) groups excluding carboxylic acids is 2. The van der Waals surface area contributed by atoms with Gasteiger partial charge in [-0.25, -0.2) is 4.79 Å². The molecule has 8 heteroatoms. The zero-order chi connectivity index (χ0) is 19.1. The Morgan fingerprint density at radius 1 is 1.04 bits per heavy atom. The Kier molecular flexibility index (Phi) is 7.12. The van der Waals surface area contributed by atoms with Gasteiger partial charge in [-0.3, -0.25) is 4.79 Å². The minimum absolute atomic E-state index is 0.175. The highest BCUT2D eigenvalue weighted by Gasteiger charge is 2.11. The Labute approximate surface area is 161 Å². The monoisotopic (exact) mass is 396 g/mol. The van der Waals surface area contributed by atoms with Crippen molar-refractivity contribution in [1.29, 1.82) is 0 Å². The van der Waals surface area contributed by atoms with E-state index in [9.17, 15) is 9.59 Å². The Bertz CT molecular complexity index is 812. The Hall–Kier alpha value is -2.44. The van der Waals surface area contributed by atoms with Crippen LogP contribution in [0.3, 0.4) is 0 Å². The van der Waals surface area contributed by atoms with Crippen LogP contribution in [0.25, 0.3) is 0 Å². The number of esters is 1. The second-order valence-electron chi connectivity index (χ2n) is 5.26. The van der Waals surface area contributed by atoms with Gasteiger partial charge < -0.3 is 20.1 Å². The van der Waals surface area contributed by atoms with E-state index < -0.39 is 5.97 Å². The van der Waals surface area contributed by atoms with E-state index >= 15 is 0 Å². The fourth-order valence-corrected chi connectivity index (χ4v) is 2.56. The molecule has 0 aliphatic heterocycles. The van der Waals surface area contributed by atoms with Gasteiger partial charge in [0, 0.05) is 18.0 Å². The first kappa shape index (κ1) is 19.9. The molecule has 0 aliphatic carbocycles. The molecule has 138 valence electrons. The molecule has 0 radical (unpaired) electrons. The van der Waals surface area contributed by atoms with Crippen LogP contribution in [-0.4, -0.2) is 32.6 Å². The van der Waals surface area contributed by atoms with Gasteiger partial charge >= 0.3 is 5.97 Å². The molecule has 0 atom stereocenters. The Morgan fingerprint density at radius 2 is 1.81 bits per heavy atom. The summed E-state index contributed by atoms with van der Waals surface area (Å²) in [5.74, 6) is -0.168. The number of halogens is 2. The number of benzene rings is 2. The van der Waals surface area contributed by atoms with Crippen LogP contribution >= 0.6 is 23.2 Å². The van der Waals surface area contributed by atoms with Gasteiger partial charge in [-0.05, 0) is 36.4 Å². The van der Waals surface area contributed by atoms with Gasteiger partial charge in [0.2, 0.25) is 5.91 Å². The van der Waals surface area contributed by atoms with Gasteiger partial charge in [0.15, 0.2) is 0 Å². The molecule has 0 aliphatic rings. The average molecular weight is 397 g/mol.